The van der Waals surface area contributed by atoms with Gasteiger partial charge in [-0.1, -0.05) is 13.3 Å². The molecule has 4 nitrogen and oxygen atoms in total. The zero-order valence-electron chi connectivity index (χ0n) is 12.3. The van der Waals surface area contributed by atoms with E-state index in [0.29, 0.717) is 5.92 Å². The van der Waals surface area contributed by atoms with Crippen LogP contribution in [0.1, 0.15) is 25.3 Å². The monoisotopic (exact) mass is 291 g/mol. The number of hydrogen-bond donors (Lipinski definition) is 2. The second-order valence-corrected chi connectivity index (χ2v) is 5.19. The summed E-state index contributed by atoms with van der Waals surface area (Å²) in [6.45, 7) is 4.00. The van der Waals surface area contributed by atoms with Crippen LogP contribution in [0.25, 0.3) is 5.69 Å². The summed E-state index contributed by atoms with van der Waals surface area (Å²) in [6.07, 6.45) is 5.64. The first-order valence-electron chi connectivity index (χ1n) is 7.34. The molecule has 21 heavy (non-hydrogen) atoms. The minimum Gasteiger partial charge on any atom is -0.396 e. The van der Waals surface area contributed by atoms with Crippen LogP contribution >= 0.6 is 0 Å². The van der Waals surface area contributed by atoms with Gasteiger partial charge in [-0.15, -0.1) is 0 Å². The fourth-order valence-corrected chi connectivity index (χ4v) is 2.24. The summed E-state index contributed by atoms with van der Waals surface area (Å²) in [4.78, 5) is 0. The van der Waals surface area contributed by atoms with Crippen LogP contribution < -0.4 is 5.32 Å². The van der Waals surface area contributed by atoms with Crippen LogP contribution in [0.15, 0.2) is 36.7 Å². The molecular formula is C16H22FN3O. The van der Waals surface area contributed by atoms with Gasteiger partial charge >= 0.3 is 0 Å². The van der Waals surface area contributed by atoms with Gasteiger partial charge in [0.15, 0.2) is 0 Å². The van der Waals surface area contributed by atoms with Crippen LogP contribution in [0, 0.1) is 11.7 Å². The zero-order chi connectivity index (χ0) is 15.1. The highest BCUT2D eigenvalue weighted by atomic mass is 19.1. The Morgan fingerprint density at radius 3 is 2.76 bits per heavy atom. The molecule has 0 aliphatic rings. The van der Waals surface area contributed by atoms with Crippen molar-refractivity contribution in [1.82, 2.24) is 15.1 Å². The van der Waals surface area contributed by atoms with Crippen LogP contribution in [0.5, 0.6) is 0 Å². The van der Waals surface area contributed by atoms with Gasteiger partial charge in [0.25, 0.3) is 0 Å². The van der Waals surface area contributed by atoms with Gasteiger partial charge in [0.1, 0.15) is 5.82 Å². The van der Waals surface area contributed by atoms with Gasteiger partial charge in [0, 0.05) is 24.9 Å². The maximum atomic E-state index is 12.9. The summed E-state index contributed by atoms with van der Waals surface area (Å²) in [5, 5.41) is 16.6. The average Bonchev–Trinajstić information content (AvgIpc) is 2.96. The fourth-order valence-electron chi connectivity index (χ4n) is 2.24. The first kappa shape index (κ1) is 15.7. The number of halogens is 1. The van der Waals surface area contributed by atoms with Gasteiger partial charge in [-0.25, -0.2) is 9.07 Å². The lowest BCUT2D eigenvalue weighted by Gasteiger charge is -2.13. The maximum absolute atomic E-state index is 12.9. The Morgan fingerprint density at radius 2 is 2.10 bits per heavy atom. The van der Waals surface area contributed by atoms with Crippen molar-refractivity contribution in [2.45, 2.75) is 26.3 Å². The molecule has 0 spiro atoms. The molecule has 0 saturated carbocycles. The molecule has 114 valence electrons. The smallest absolute Gasteiger partial charge is 0.123 e. The van der Waals surface area contributed by atoms with Gasteiger partial charge in [-0.2, -0.15) is 5.10 Å². The predicted molar refractivity (Wildman–Crippen MR) is 80.7 cm³/mol. The Morgan fingerprint density at radius 1 is 1.33 bits per heavy atom. The van der Waals surface area contributed by atoms with E-state index in [-0.39, 0.29) is 12.4 Å². The van der Waals surface area contributed by atoms with Crippen LogP contribution in [-0.4, -0.2) is 28.0 Å². The SMILES string of the molecule is CCC(CCO)CNCc1cnn(-c2ccc(F)cc2)c1. The molecule has 1 heterocycles. The van der Waals surface area contributed by atoms with E-state index in [2.05, 4.69) is 17.3 Å². The Bertz CT molecular complexity index is 539. The van der Waals surface area contributed by atoms with Gasteiger partial charge in [0.2, 0.25) is 0 Å². The standard InChI is InChI=1S/C16H22FN3O/c1-2-13(7-8-21)9-18-10-14-11-19-20(12-14)16-5-3-15(17)4-6-16/h3-6,11-13,18,21H,2,7-10H2,1H3. The quantitative estimate of drug-likeness (QED) is 0.785. The number of benzene rings is 1. The van der Waals surface area contributed by atoms with E-state index < -0.39 is 0 Å². The van der Waals surface area contributed by atoms with Crippen LogP contribution in [0.2, 0.25) is 0 Å². The molecule has 1 aromatic heterocycles. The Balaban J connectivity index is 1.87. The summed E-state index contributed by atoms with van der Waals surface area (Å²) in [7, 11) is 0. The molecule has 5 heteroatoms. The highest BCUT2D eigenvalue weighted by Gasteiger charge is 2.06. The Hall–Kier alpha value is -1.72. The molecule has 0 amide bonds. The van der Waals surface area contributed by atoms with Crippen molar-refractivity contribution in [1.29, 1.82) is 0 Å². The number of hydrogen-bond acceptors (Lipinski definition) is 3. The second-order valence-electron chi connectivity index (χ2n) is 5.19. The summed E-state index contributed by atoms with van der Waals surface area (Å²) in [6, 6.07) is 6.26. The van der Waals surface area contributed by atoms with Crippen molar-refractivity contribution in [2.24, 2.45) is 5.92 Å². The number of aromatic nitrogens is 2. The highest BCUT2D eigenvalue weighted by molar-refractivity contribution is 5.31. The first-order chi connectivity index (χ1) is 10.2. The van der Waals surface area contributed by atoms with Crippen LogP contribution in [0.4, 0.5) is 4.39 Å². The Labute approximate surface area is 124 Å². The number of aliphatic hydroxyl groups is 1. The summed E-state index contributed by atoms with van der Waals surface area (Å²) in [5.74, 6) is 0.254. The molecule has 1 aromatic carbocycles. The number of nitrogens with one attached hydrogen (secondary N) is 1. The minimum absolute atomic E-state index is 0.239. The van der Waals surface area contributed by atoms with E-state index in [1.54, 1.807) is 16.8 Å². The molecule has 2 N–H and O–H groups in total. The van der Waals surface area contributed by atoms with Crippen molar-refractivity contribution < 1.29 is 9.50 Å². The van der Waals surface area contributed by atoms with Crippen molar-refractivity contribution in [3.8, 4) is 5.69 Å². The topological polar surface area (TPSA) is 50.1 Å². The third-order valence-electron chi connectivity index (χ3n) is 3.60. The molecule has 0 aliphatic carbocycles. The van der Waals surface area contributed by atoms with Crippen molar-refractivity contribution >= 4 is 0 Å². The van der Waals surface area contributed by atoms with Crippen LogP contribution in [0.3, 0.4) is 0 Å². The van der Waals surface area contributed by atoms with Crippen LogP contribution in [-0.2, 0) is 6.54 Å². The van der Waals surface area contributed by atoms with E-state index in [0.717, 1.165) is 37.2 Å². The molecule has 1 atom stereocenters. The van der Waals surface area contributed by atoms with E-state index in [1.807, 2.05) is 12.4 Å². The average molecular weight is 291 g/mol. The van der Waals surface area contributed by atoms with E-state index >= 15 is 0 Å². The van der Waals surface area contributed by atoms with Crippen molar-refractivity contribution in [3.05, 3.63) is 48.0 Å². The van der Waals surface area contributed by atoms with Crippen molar-refractivity contribution in [2.75, 3.05) is 13.2 Å². The largest absolute Gasteiger partial charge is 0.396 e. The lowest BCUT2D eigenvalue weighted by atomic mass is 10.0. The molecule has 2 rings (SSSR count). The first-order valence-corrected chi connectivity index (χ1v) is 7.34. The number of nitrogens with zero attached hydrogens (tertiary/aromatic N) is 2. The van der Waals surface area contributed by atoms with E-state index in [9.17, 15) is 4.39 Å². The third kappa shape index (κ3) is 4.65. The van der Waals surface area contributed by atoms with E-state index in [1.165, 1.54) is 12.1 Å². The minimum atomic E-state index is -0.248. The fraction of sp³-hybridized carbons (Fsp3) is 0.438. The van der Waals surface area contributed by atoms with E-state index in [4.69, 9.17) is 5.11 Å². The second kappa shape index (κ2) is 7.90. The third-order valence-corrected chi connectivity index (χ3v) is 3.60. The number of aliphatic hydroxyl groups excluding tert-OH is 1. The maximum Gasteiger partial charge on any atom is 0.123 e. The normalized spacial score (nSPS) is 12.5. The molecular weight excluding hydrogens is 269 g/mol. The van der Waals surface area contributed by atoms with Gasteiger partial charge in [-0.3, -0.25) is 0 Å². The summed E-state index contributed by atoms with van der Waals surface area (Å²) in [5.41, 5.74) is 1.92. The highest BCUT2D eigenvalue weighted by Crippen LogP contribution is 2.10. The number of rotatable bonds is 8. The van der Waals surface area contributed by atoms with Gasteiger partial charge in [-0.05, 0) is 43.1 Å². The molecule has 2 aromatic rings. The predicted octanol–water partition coefficient (Wildman–Crippen LogP) is 2.51. The Kier molecular flexibility index (Phi) is 5.90. The molecule has 0 bridgehead atoms. The van der Waals surface area contributed by atoms with Gasteiger partial charge in [0.05, 0.1) is 11.9 Å². The summed E-state index contributed by atoms with van der Waals surface area (Å²) < 4.78 is 14.6. The summed E-state index contributed by atoms with van der Waals surface area (Å²) >= 11 is 0. The molecule has 0 saturated heterocycles. The lowest BCUT2D eigenvalue weighted by Crippen LogP contribution is -2.22. The molecule has 0 radical (unpaired) electrons. The van der Waals surface area contributed by atoms with Gasteiger partial charge < -0.3 is 10.4 Å². The van der Waals surface area contributed by atoms with Crippen molar-refractivity contribution in [3.63, 3.8) is 0 Å². The lowest BCUT2D eigenvalue weighted by molar-refractivity contribution is 0.251. The molecule has 0 fully saturated rings. The zero-order valence-corrected chi connectivity index (χ0v) is 12.3. The molecule has 1 unspecified atom stereocenters. The molecule has 0 aliphatic heterocycles.